The smallest absolute Gasteiger partial charge is 0.138 e. The molecule has 1 atom stereocenters. The van der Waals surface area contributed by atoms with Gasteiger partial charge in [-0.2, -0.15) is 0 Å². The molecule has 0 aromatic heterocycles. The number of aliphatic hydroxyl groups is 1. The number of nitrogens with one attached hydrogen (secondary N) is 1. The molecule has 2 rings (SSSR count). The first kappa shape index (κ1) is 16.1. The average Bonchev–Trinajstić information content (AvgIpc) is 2.47. The molecule has 1 unspecified atom stereocenters. The van der Waals surface area contributed by atoms with Crippen LogP contribution in [0.25, 0.3) is 0 Å². The van der Waals surface area contributed by atoms with Crippen LogP contribution in [0.3, 0.4) is 0 Å². The number of rotatable bonds is 6. The van der Waals surface area contributed by atoms with Crippen molar-refractivity contribution < 1.29 is 9.84 Å². The van der Waals surface area contributed by atoms with E-state index in [1.165, 1.54) is 0 Å². The van der Waals surface area contributed by atoms with Crippen molar-refractivity contribution in [2.24, 2.45) is 0 Å². The number of halogens is 2. The molecule has 0 saturated heterocycles. The van der Waals surface area contributed by atoms with Gasteiger partial charge in [0.05, 0.1) is 5.02 Å². The first-order valence-electron chi connectivity index (χ1n) is 6.61. The van der Waals surface area contributed by atoms with E-state index in [1.54, 1.807) is 12.1 Å². The third-order valence-corrected chi connectivity index (χ3v) is 4.17. The Hall–Kier alpha value is -1.23. The maximum atomic E-state index is 9.95. The van der Waals surface area contributed by atoms with Crippen LogP contribution >= 0.6 is 27.5 Å². The minimum absolute atomic E-state index is 0.187. The summed E-state index contributed by atoms with van der Waals surface area (Å²) in [6.45, 7) is 2.62. The average molecular weight is 371 g/mol. The molecule has 0 heterocycles. The fraction of sp³-hybridized carbons (Fsp3) is 0.250. The van der Waals surface area contributed by atoms with Gasteiger partial charge in [0.15, 0.2) is 0 Å². The van der Waals surface area contributed by atoms with Gasteiger partial charge in [0, 0.05) is 16.7 Å². The van der Waals surface area contributed by atoms with Crippen molar-refractivity contribution in [1.29, 1.82) is 0 Å². The maximum absolute atomic E-state index is 9.95. The summed E-state index contributed by atoms with van der Waals surface area (Å²) in [7, 11) is 0. The van der Waals surface area contributed by atoms with Crippen LogP contribution in [0.1, 0.15) is 5.56 Å². The summed E-state index contributed by atoms with van der Waals surface area (Å²) >= 11 is 9.44. The van der Waals surface area contributed by atoms with Gasteiger partial charge in [0.1, 0.15) is 18.5 Å². The zero-order chi connectivity index (χ0) is 15.2. The van der Waals surface area contributed by atoms with Crippen molar-refractivity contribution in [2.75, 3.05) is 18.5 Å². The first-order chi connectivity index (χ1) is 10.1. The molecule has 3 nitrogen and oxygen atoms in total. The van der Waals surface area contributed by atoms with Crippen LogP contribution in [0.15, 0.2) is 46.9 Å². The van der Waals surface area contributed by atoms with Crippen LogP contribution in [0.2, 0.25) is 5.02 Å². The summed E-state index contributed by atoms with van der Waals surface area (Å²) in [4.78, 5) is 0. The molecular weight excluding hydrogens is 354 g/mol. The Morgan fingerprint density at radius 2 is 2.05 bits per heavy atom. The zero-order valence-corrected chi connectivity index (χ0v) is 14.0. The minimum Gasteiger partial charge on any atom is -0.489 e. The molecule has 0 aliphatic carbocycles. The van der Waals surface area contributed by atoms with Gasteiger partial charge in [-0.25, -0.2) is 0 Å². The van der Waals surface area contributed by atoms with E-state index in [4.69, 9.17) is 16.3 Å². The van der Waals surface area contributed by atoms with E-state index >= 15 is 0 Å². The highest BCUT2D eigenvalue weighted by Gasteiger charge is 2.07. The van der Waals surface area contributed by atoms with Crippen LogP contribution < -0.4 is 10.1 Å². The number of anilines is 1. The summed E-state index contributed by atoms with van der Waals surface area (Å²) in [5.41, 5.74) is 2.11. The second kappa shape index (κ2) is 7.69. The lowest BCUT2D eigenvalue weighted by atomic mass is 10.2. The van der Waals surface area contributed by atoms with E-state index in [1.807, 2.05) is 37.3 Å². The molecule has 2 aromatic carbocycles. The molecule has 0 aliphatic rings. The van der Waals surface area contributed by atoms with E-state index in [9.17, 15) is 5.11 Å². The number of para-hydroxylation sites is 1. The predicted molar refractivity (Wildman–Crippen MR) is 90.3 cm³/mol. The van der Waals surface area contributed by atoms with Crippen LogP contribution in [-0.4, -0.2) is 24.4 Å². The minimum atomic E-state index is -0.620. The summed E-state index contributed by atoms with van der Waals surface area (Å²) in [5, 5.41) is 13.7. The molecule has 0 fully saturated rings. The van der Waals surface area contributed by atoms with Crippen molar-refractivity contribution in [3.05, 3.63) is 57.5 Å². The van der Waals surface area contributed by atoms with Gasteiger partial charge < -0.3 is 15.2 Å². The standard InChI is InChI=1S/C16H17BrClNO2/c1-11-8-12(6-7-14(11)17)19-9-13(20)10-21-16-5-3-2-4-15(16)18/h2-8,13,19-20H,9-10H2,1H3. The topological polar surface area (TPSA) is 41.5 Å². The van der Waals surface area contributed by atoms with Gasteiger partial charge in [0.25, 0.3) is 0 Å². The lowest BCUT2D eigenvalue weighted by Crippen LogP contribution is -2.26. The first-order valence-corrected chi connectivity index (χ1v) is 7.79. The van der Waals surface area contributed by atoms with Gasteiger partial charge >= 0.3 is 0 Å². The molecular formula is C16H17BrClNO2. The molecule has 0 aliphatic heterocycles. The Bertz CT molecular complexity index is 607. The Morgan fingerprint density at radius 3 is 2.76 bits per heavy atom. The van der Waals surface area contributed by atoms with Crippen LogP contribution in [0.5, 0.6) is 5.75 Å². The van der Waals surface area contributed by atoms with Crippen molar-refractivity contribution in [1.82, 2.24) is 0 Å². The van der Waals surface area contributed by atoms with Gasteiger partial charge in [-0.05, 0) is 42.8 Å². The summed E-state index contributed by atoms with van der Waals surface area (Å²) in [6.07, 6.45) is -0.620. The van der Waals surface area contributed by atoms with Crippen LogP contribution in [-0.2, 0) is 0 Å². The molecule has 0 spiro atoms. The van der Waals surface area contributed by atoms with E-state index < -0.39 is 6.10 Å². The Balaban J connectivity index is 1.81. The number of aryl methyl sites for hydroxylation is 1. The third kappa shape index (κ3) is 4.92. The predicted octanol–water partition coefficient (Wildman–Crippen LogP) is 4.26. The Kier molecular flexibility index (Phi) is 5.91. The Labute approximate surface area is 138 Å². The maximum Gasteiger partial charge on any atom is 0.138 e. The van der Waals surface area contributed by atoms with Crippen molar-refractivity contribution in [3.63, 3.8) is 0 Å². The van der Waals surface area contributed by atoms with E-state index in [2.05, 4.69) is 21.2 Å². The number of hydrogen-bond donors (Lipinski definition) is 2. The highest BCUT2D eigenvalue weighted by molar-refractivity contribution is 9.10. The highest BCUT2D eigenvalue weighted by atomic mass is 79.9. The molecule has 0 saturated carbocycles. The molecule has 2 aromatic rings. The van der Waals surface area contributed by atoms with Crippen LogP contribution in [0, 0.1) is 6.92 Å². The monoisotopic (exact) mass is 369 g/mol. The van der Waals surface area contributed by atoms with E-state index in [0.717, 1.165) is 15.7 Å². The van der Waals surface area contributed by atoms with Gasteiger partial charge in [0.2, 0.25) is 0 Å². The number of hydrogen-bond acceptors (Lipinski definition) is 3. The van der Waals surface area contributed by atoms with Crippen molar-refractivity contribution in [2.45, 2.75) is 13.0 Å². The lowest BCUT2D eigenvalue weighted by Gasteiger charge is -2.15. The van der Waals surface area contributed by atoms with E-state index in [-0.39, 0.29) is 6.61 Å². The Morgan fingerprint density at radius 1 is 1.29 bits per heavy atom. The van der Waals surface area contributed by atoms with Gasteiger partial charge in [-0.3, -0.25) is 0 Å². The van der Waals surface area contributed by atoms with Crippen molar-refractivity contribution >= 4 is 33.2 Å². The zero-order valence-electron chi connectivity index (χ0n) is 11.6. The molecule has 2 N–H and O–H groups in total. The fourth-order valence-corrected chi connectivity index (χ4v) is 2.23. The lowest BCUT2D eigenvalue weighted by molar-refractivity contribution is 0.117. The quantitative estimate of drug-likeness (QED) is 0.798. The molecule has 21 heavy (non-hydrogen) atoms. The summed E-state index contributed by atoms with van der Waals surface area (Å²) in [5.74, 6) is 0.581. The normalized spacial score (nSPS) is 12.0. The summed E-state index contributed by atoms with van der Waals surface area (Å²) < 4.78 is 6.57. The molecule has 0 amide bonds. The fourth-order valence-electron chi connectivity index (χ4n) is 1.80. The molecule has 5 heteroatoms. The molecule has 0 radical (unpaired) electrons. The third-order valence-electron chi connectivity index (χ3n) is 2.97. The molecule has 112 valence electrons. The van der Waals surface area contributed by atoms with Gasteiger partial charge in [-0.1, -0.05) is 39.7 Å². The largest absolute Gasteiger partial charge is 0.489 e. The number of benzene rings is 2. The SMILES string of the molecule is Cc1cc(NCC(O)COc2ccccc2Cl)ccc1Br. The number of ether oxygens (including phenoxy) is 1. The second-order valence-corrected chi connectivity index (χ2v) is 6.00. The van der Waals surface area contributed by atoms with Gasteiger partial charge in [-0.15, -0.1) is 0 Å². The van der Waals surface area contributed by atoms with Crippen molar-refractivity contribution in [3.8, 4) is 5.75 Å². The van der Waals surface area contributed by atoms with E-state index in [0.29, 0.717) is 17.3 Å². The summed E-state index contributed by atoms with van der Waals surface area (Å²) in [6, 6.07) is 13.2. The van der Waals surface area contributed by atoms with Crippen LogP contribution in [0.4, 0.5) is 5.69 Å². The molecule has 0 bridgehead atoms. The highest BCUT2D eigenvalue weighted by Crippen LogP contribution is 2.23. The second-order valence-electron chi connectivity index (χ2n) is 4.74. The number of aliphatic hydroxyl groups excluding tert-OH is 1.